The van der Waals surface area contributed by atoms with E-state index in [1.807, 2.05) is 6.08 Å². The lowest BCUT2D eigenvalue weighted by Crippen LogP contribution is -2.15. The number of rotatable bonds is 3. The fraction of sp³-hybridized carbons (Fsp3) is 0.176. The second kappa shape index (κ2) is 5.86. The van der Waals surface area contributed by atoms with Crippen LogP contribution in [-0.4, -0.2) is 18.1 Å². The largest absolute Gasteiger partial charge is 0.468 e. The maximum Gasteiger partial charge on any atom is 0.321 e. The highest BCUT2D eigenvalue weighted by Gasteiger charge is 2.19. The Labute approximate surface area is 126 Å². The Balaban J connectivity index is 1.80. The Morgan fingerprint density at radius 1 is 1.41 bits per heavy atom. The van der Waals surface area contributed by atoms with E-state index >= 15 is 0 Å². The number of oxazole rings is 1. The Bertz CT molecular complexity index is 793. The van der Waals surface area contributed by atoms with Crippen LogP contribution in [0.2, 0.25) is 0 Å². The van der Waals surface area contributed by atoms with E-state index in [4.69, 9.17) is 4.42 Å². The molecule has 0 amide bonds. The van der Waals surface area contributed by atoms with Crippen molar-refractivity contribution in [2.45, 2.75) is 6.42 Å². The van der Waals surface area contributed by atoms with Gasteiger partial charge in [0, 0.05) is 11.1 Å². The number of carbonyl (C=O) groups is 1. The van der Waals surface area contributed by atoms with Crippen molar-refractivity contribution in [3.05, 3.63) is 48.1 Å². The number of nitrogens with zero attached hydrogens (tertiary/aromatic N) is 1. The molecule has 0 fully saturated rings. The first-order valence-electron chi connectivity index (χ1n) is 6.69. The lowest BCUT2D eigenvalue weighted by atomic mass is 9.98. The molecule has 1 aromatic heterocycles. The van der Waals surface area contributed by atoms with Crippen molar-refractivity contribution in [1.29, 1.82) is 0 Å². The molecule has 1 aliphatic rings. The van der Waals surface area contributed by atoms with Gasteiger partial charge in [-0.15, -0.1) is 0 Å². The predicted molar refractivity (Wildman–Crippen MR) is 77.8 cm³/mol. The lowest BCUT2D eigenvalue weighted by molar-refractivity contribution is -0.143. The Hall–Kier alpha value is -2.87. The maximum absolute atomic E-state index is 12.9. The van der Waals surface area contributed by atoms with E-state index in [1.165, 1.54) is 25.5 Å². The number of hydrogen-bond acceptors (Lipinski definition) is 4. The molecule has 3 rings (SSSR count). The van der Waals surface area contributed by atoms with Crippen molar-refractivity contribution in [2.75, 3.05) is 7.11 Å². The Morgan fingerprint density at radius 3 is 2.82 bits per heavy atom. The van der Waals surface area contributed by atoms with Gasteiger partial charge in [0.15, 0.2) is 0 Å². The molecule has 110 valence electrons. The van der Waals surface area contributed by atoms with Crippen LogP contribution in [0, 0.1) is 23.6 Å². The van der Waals surface area contributed by atoms with E-state index in [1.54, 1.807) is 12.1 Å². The van der Waals surface area contributed by atoms with E-state index in [2.05, 4.69) is 21.6 Å². The van der Waals surface area contributed by atoms with Crippen LogP contribution in [0.5, 0.6) is 0 Å². The summed E-state index contributed by atoms with van der Waals surface area (Å²) in [6.45, 7) is 0. The molecule has 0 radical (unpaired) electrons. The van der Waals surface area contributed by atoms with Gasteiger partial charge in [-0.25, -0.2) is 9.37 Å². The highest BCUT2D eigenvalue weighted by atomic mass is 19.1. The second-order valence-electron chi connectivity index (χ2n) is 4.74. The Morgan fingerprint density at radius 2 is 2.18 bits per heavy atom. The maximum atomic E-state index is 12.9. The van der Waals surface area contributed by atoms with Crippen molar-refractivity contribution in [2.24, 2.45) is 5.92 Å². The van der Waals surface area contributed by atoms with Crippen LogP contribution in [0.1, 0.15) is 12.1 Å². The van der Waals surface area contributed by atoms with Crippen molar-refractivity contribution in [3.8, 4) is 23.3 Å². The minimum atomic E-state index is -0.433. The molecular weight excluding hydrogens is 285 g/mol. The van der Waals surface area contributed by atoms with Gasteiger partial charge in [-0.05, 0) is 30.7 Å². The molecule has 0 aliphatic heterocycles. The summed E-state index contributed by atoms with van der Waals surface area (Å²) in [4.78, 5) is 15.8. The van der Waals surface area contributed by atoms with Crippen LogP contribution in [0.25, 0.3) is 17.0 Å². The summed E-state index contributed by atoms with van der Waals surface area (Å²) >= 11 is 0. The van der Waals surface area contributed by atoms with Crippen molar-refractivity contribution >= 4 is 11.5 Å². The molecule has 0 saturated carbocycles. The van der Waals surface area contributed by atoms with E-state index < -0.39 is 5.92 Å². The van der Waals surface area contributed by atoms with Gasteiger partial charge in [-0.2, -0.15) is 0 Å². The fourth-order valence-corrected chi connectivity index (χ4v) is 2.10. The zero-order chi connectivity index (χ0) is 15.5. The smallest absolute Gasteiger partial charge is 0.321 e. The average Bonchev–Trinajstić information content (AvgIpc) is 3.05. The quantitative estimate of drug-likeness (QED) is 0.645. The molecule has 1 unspecified atom stereocenters. The third kappa shape index (κ3) is 2.77. The van der Waals surface area contributed by atoms with E-state index in [0.717, 1.165) is 0 Å². The number of esters is 1. The molecule has 1 heterocycles. The number of aromatic nitrogens is 1. The summed E-state index contributed by atoms with van der Waals surface area (Å²) in [5.41, 5.74) is 1.98. The van der Waals surface area contributed by atoms with Crippen LogP contribution < -0.4 is 0 Å². The second-order valence-corrected chi connectivity index (χ2v) is 4.74. The molecule has 1 aliphatic carbocycles. The number of ether oxygens (including phenoxy) is 1. The molecule has 1 aromatic carbocycles. The number of carbonyl (C=O) groups excluding carboxylic acids is 1. The van der Waals surface area contributed by atoms with Crippen LogP contribution >= 0.6 is 0 Å². The fourth-order valence-electron chi connectivity index (χ4n) is 2.10. The van der Waals surface area contributed by atoms with E-state index in [9.17, 15) is 9.18 Å². The van der Waals surface area contributed by atoms with Crippen molar-refractivity contribution in [1.82, 2.24) is 4.98 Å². The molecule has 22 heavy (non-hydrogen) atoms. The summed E-state index contributed by atoms with van der Waals surface area (Å²) in [5.74, 6) is 5.06. The van der Waals surface area contributed by atoms with Gasteiger partial charge in [0.25, 0.3) is 0 Å². The molecule has 1 atom stereocenters. The molecule has 0 N–H and O–H groups in total. The van der Waals surface area contributed by atoms with Crippen molar-refractivity contribution in [3.63, 3.8) is 0 Å². The van der Waals surface area contributed by atoms with Gasteiger partial charge >= 0.3 is 5.97 Å². The molecule has 2 aromatic rings. The zero-order valence-electron chi connectivity index (χ0n) is 11.8. The lowest BCUT2D eigenvalue weighted by Gasteiger charge is -2.09. The zero-order valence-corrected chi connectivity index (χ0v) is 11.8. The number of hydrogen-bond donors (Lipinski definition) is 0. The minimum absolute atomic E-state index is 0.315. The van der Waals surface area contributed by atoms with Crippen LogP contribution in [-0.2, 0) is 9.53 Å². The Kier molecular flexibility index (Phi) is 3.75. The monoisotopic (exact) mass is 297 g/mol. The van der Waals surface area contributed by atoms with Crippen LogP contribution in [0.3, 0.4) is 0 Å². The molecular formula is C17H12FNO3. The third-order valence-corrected chi connectivity index (χ3v) is 3.30. The summed E-state index contributed by atoms with van der Waals surface area (Å²) < 4.78 is 23.0. The minimum Gasteiger partial charge on any atom is -0.468 e. The first-order valence-corrected chi connectivity index (χ1v) is 6.69. The molecule has 0 saturated heterocycles. The van der Waals surface area contributed by atoms with Crippen LogP contribution in [0.15, 0.2) is 41.0 Å². The van der Waals surface area contributed by atoms with Gasteiger partial charge in [-0.1, -0.05) is 17.9 Å². The predicted octanol–water partition coefficient (Wildman–Crippen LogP) is 3.06. The normalized spacial score (nSPS) is 16.5. The number of benzene rings is 1. The topological polar surface area (TPSA) is 52.3 Å². The summed E-state index contributed by atoms with van der Waals surface area (Å²) in [5, 5.41) is 0. The average molecular weight is 297 g/mol. The first kappa shape index (κ1) is 14.1. The highest BCUT2D eigenvalue weighted by molar-refractivity contribution is 5.83. The first-order chi connectivity index (χ1) is 10.7. The van der Waals surface area contributed by atoms with Gasteiger partial charge < -0.3 is 9.15 Å². The number of halogens is 1. The standard InChI is InChI=1S/C17H12FNO3/c1-21-17(20)13-4-2-11(3-5-13)15-10-22-16(19-15)12-6-8-14(18)9-7-12/h2,6-10,13H,4H2,1H3. The third-order valence-electron chi connectivity index (χ3n) is 3.30. The van der Waals surface area contributed by atoms with Crippen LogP contribution in [0.4, 0.5) is 4.39 Å². The number of allylic oxidation sites excluding steroid dienone is 2. The van der Waals surface area contributed by atoms with E-state index in [0.29, 0.717) is 29.1 Å². The number of methoxy groups -OCH3 is 1. The molecule has 5 heteroatoms. The van der Waals surface area contributed by atoms with Gasteiger partial charge in [0.2, 0.25) is 5.89 Å². The van der Waals surface area contributed by atoms with Crippen molar-refractivity contribution < 1.29 is 18.3 Å². The van der Waals surface area contributed by atoms with Gasteiger partial charge in [0.05, 0.1) is 7.11 Å². The SMILES string of the molecule is COC(=O)C1C#CC(c2coc(-c3ccc(F)cc3)n2)=CC1. The van der Waals surface area contributed by atoms with Gasteiger partial charge in [0.1, 0.15) is 23.7 Å². The molecule has 4 nitrogen and oxygen atoms in total. The summed E-state index contributed by atoms with van der Waals surface area (Å²) in [6, 6.07) is 5.89. The molecule has 0 spiro atoms. The van der Waals surface area contributed by atoms with Gasteiger partial charge in [-0.3, -0.25) is 4.79 Å². The highest BCUT2D eigenvalue weighted by Crippen LogP contribution is 2.24. The summed E-state index contributed by atoms with van der Waals surface area (Å²) in [7, 11) is 1.34. The van der Waals surface area contributed by atoms with E-state index in [-0.39, 0.29) is 11.8 Å². The molecule has 0 bridgehead atoms. The summed E-state index contributed by atoms with van der Waals surface area (Å²) in [6.07, 6.45) is 3.82.